The first-order valence-electron chi connectivity index (χ1n) is 5.21. The smallest absolute Gasteiger partial charge is 0.420 e. The summed E-state index contributed by atoms with van der Waals surface area (Å²) in [5.74, 6) is -1.62. The number of hydrogen-bond donors (Lipinski definition) is 0. The molecule has 4 nitrogen and oxygen atoms in total. The van der Waals surface area contributed by atoms with Gasteiger partial charge in [-0.05, 0) is 19.1 Å². The third-order valence-electron chi connectivity index (χ3n) is 2.22. The van der Waals surface area contributed by atoms with Crippen LogP contribution in [0.2, 0.25) is 0 Å². The Kier molecular flexibility index (Phi) is 4.38. The van der Waals surface area contributed by atoms with E-state index in [1.807, 2.05) is 0 Å². The molecular weight excluding hydrogens is 263 g/mol. The molecule has 1 aromatic rings. The van der Waals surface area contributed by atoms with Crippen molar-refractivity contribution in [3.8, 4) is 11.8 Å². The molecule has 1 rings (SSSR count). The summed E-state index contributed by atoms with van der Waals surface area (Å²) in [5, 5.41) is 8.72. The molecule has 0 aromatic heterocycles. The SMILES string of the molecule is CCOC(=O)c1cc(C#N)cc(C(F)(F)F)c1OC. The molecule has 0 spiro atoms. The van der Waals surface area contributed by atoms with Gasteiger partial charge in [0, 0.05) is 0 Å². The Bertz CT molecular complexity index is 532. The minimum Gasteiger partial charge on any atom is -0.495 e. The number of alkyl halides is 3. The van der Waals surface area contributed by atoms with Crippen molar-refractivity contribution in [1.82, 2.24) is 0 Å². The number of methoxy groups -OCH3 is 1. The van der Waals surface area contributed by atoms with E-state index in [0.29, 0.717) is 6.07 Å². The highest BCUT2D eigenvalue weighted by Gasteiger charge is 2.37. The average Bonchev–Trinajstić information content (AvgIpc) is 2.36. The Balaban J connectivity index is 3.54. The molecule has 0 heterocycles. The molecule has 0 amide bonds. The predicted octanol–water partition coefficient (Wildman–Crippen LogP) is 2.76. The quantitative estimate of drug-likeness (QED) is 0.794. The van der Waals surface area contributed by atoms with Gasteiger partial charge in [0.1, 0.15) is 11.3 Å². The van der Waals surface area contributed by atoms with E-state index in [0.717, 1.165) is 13.2 Å². The molecule has 7 heteroatoms. The molecule has 0 N–H and O–H groups in total. The maximum Gasteiger partial charge on any atom is 0.420 e. The van der Waals surface area contributed by atoms with Gasteiger partial charge >= 0.3 is 12.1 Å². The lowest BCUT2D eigenvalue weighted by atomic mass is 10.0. The Morgan fingerprint density at radius 1 is 1.42 bits per heavy atom. The van der Waals surface area contributed by atoms with Crippen LogP contribution < -0.4 is 4.74 Å². The molecule has 0 saturated heterocycles. The predicted molar refractivity (Wildman–Crippen MR) is 58.7 cm³/mol. The molecule has 102 valence electrons. The number of ether oxygens (including phenoxy) is 2. The number of carbonyl (C=O) groups excluding carboxylic acids is 1. The summed E-state index contributed by atoms with van der Waals surface area (Å²) in [6, 6.07) is 3.20. The van der Waals surface area contributed by atoms with Crippen molar-refractivity contribution >= 4 is 5.97 Å². The summed E-state index contributed by atoms with van der Waals surface area (Å²) >= 11 is 0. The van der Waals surface area contributed by atoms with Gasteiger partial charge in [-0.25, -0.2) is 4.79 Å². The molecule has 0 unspecified atom stereocenters. The number of rotatable bonds is 3. The van der Waals surface area contributed by atoms with Crippen molar-refractivity contribution in [2.75, 3.05) is 13.7 Å². The second kappa shape index (κ2) is 5.61. The lowest BCUT2D eigenvalue weighted by Crippen LogP contribution is -2.14. The van der Waals surface area contributed by atoms with Crippen molar-refractivity contribution in [1.29, 1.82) is 5.26 Å². The van der Waals surface area contributed by atoms with E-state index in [-0.39, 0.29) is 12.2 Å². The van der Waals surface area contributed by atoms with Crippen LogP contribution in [0.3, 0.4) is 0 Å². The summed E-state index contributed by atoms with van der Waals surface area (Å²) in [6.45, 7) is 1.52. The highest BCUT2D eigenvalue weighted by Crippen LogP contribution is 2.39. The van der Waals surface area contributed by atoms with Gasteiger partial charge in [0.2, 0.25) is 0 Å². The third kappa shape index (κ3) is 3.16. The first-order chi connectivity index (χ1) is 8.85. The Labute approximate surface area is 107 Å². The minimum absolute atomic E-state index is 0.000119. The Morgan fingerprint density at radius 3 is 2.47 bits per heavy atom. The fraction of sp³-hybridized carbons (Fsp3) is 0.333. The number of benzene rings is 1. The lowest BCUT2D eigenvalue weighted by Gasteiger charge is -2.15. The van der Waals surface area contributed by atoms with E-state index in [1.165, 1.54) is 6.92 Å². The second-order valence-electron chi connectivity index (χ2n) is 3.43. The molecule has 19 heavy (non-hydrogen) atoms. The van der Waals surface area contributed by atoms with Crippen molar-refractivity contribution in [3.63, 3.8) is 0 Å². The van der Waals surface area contributed by atoms with E-state index in [1.54, 1.807) is 6.07 Å². The number of nitrogens with zero attached hydrogens (tertiary/aromatic N) is 1. The molecule has 0 aliphatic carbocycles. The zero-order valence-electron chi connectivity index (χ0n) is 10.2. The van der Waals surface area contributed by atoms with Crippen LogP contribution in [-0.4, -0.2) is 19.7 Å². The highest BCUT2D eigenvalue weighted by molar-refractivity contribution is 5.93. The van der Waals surface area contributed by atoms with Gasteiger partial charge in [0.15, 0.2) is 0 Å². The molecule has 0 saturated carbocycles. The van der Waals surface area contributed by atoms with Crippen LogP contribution in [0.15, 0.2) is 12.1 Å². The van der Waals surface area contributed by atoms with Gasteiger partial charge in [0.05, 0.1) is 30.9 Å². The van der Waals surface area contributed by atoms with Crippen LogP contribution in [0.25, 0.3) is 0 Å². The van der Waals surface area contributed by atoms with Crippen LogP contribution >= 0.6 is 0 Å². The van der Waals surface area contributed by atoms with Gasteiger partial charge in [-0.15, -0.1) is 0 Å². The van der Waals surface area contributed by atoms with E-state index in [4.69, 9.17) is 5.26 Å². The summed E-state index contributed by atoms with van der Waals surface area (Å²) in [4.78, 5) is 11.6. The Hall–Kier alpha value is -2.23. The van der Waals surface area contributed by atoms with E-state index in [2.05, 4.69) is 9.47 Å². The van der Waals surface area contributed by atoms with Crippen molar-refractivity contribution < 1.29 is 27.4 Å². The zero-order chi connectivity index (χ0) is 14.6. The molecule has 0 aliphatic rings. The highest BCUT2D eigenvalue weighted by atomic mass is 19.4. The topological polar surface area (TPSA) is 59.3 Å². The van der Waals surface area contributed by atoms with Crippen molar-refractivity contribution in [2.24, 2.45) is 0 Å². The van der Waals surface area contributed by atoms with Gasteiger partial charge in [0.25, 0.3) is 0 Å². The molecule has 0 atom stereocenters. The number of carbonyl (C=O) groups is 1. The third-order valence-corrected chi connectivity index (χ3v) is 2.22. The summed E-state index contributed by atoms with van der Waals surface area (Å²) in [7, 11) is 1.01. The van der Waals surface area contributed by atoms with Crippen molar-refractivity contribution in [2.45, 2.75) is 13.1 Å². The molecule has 0 bridgehead atoms. The largest absolute Gasteiger partial charge is 0.495 e. The molecule has 0 fully saturated rings. The van der Waals surface area contributed by atoms with Gasteiger partial charge in [-0.3, -0.25) is 0 Å². The normalized spacial score (nSPS) is 10.7. The number of nitriles is 1. The van der Waals surface area contributed by atoms with E-state index < -0.39 is 29.0 Å². The standard InChI is InChI=1S/C12H10F3NO3/c1-3-19-11(17)8-4-7(6-16)5-9(10(8)18-2)12(13,14)15/h4-5H,3H2,1-2H3. The Morgan fingerprint density at radius 2 is 2.05 bits per heavy atom. The molecule has 0 aliphatic heterocycles. The first kappa shape index (κ1) is 14.8. The number of hydrogen-bond acceptors (Lipinski definition) is 4. The summed E-state index contributed by atoms with van der Waals surface area (Å²) in [6.07, 6.45) is -4.74. The molecule has 0 radical (unpaired) electrons. The monoisotopic (exact) mass is 273 g/mol. The second-order valence-corrected chi connectivity index (χ2v) is 3.43. The minimum atomic E-state index is -4.74. The fourth-order valence-electron chi connectivity index (χ4n) is 1.48. The first-order valence-corrected chi connectivity index (χ1v) is 5.21. The maximum absolute atomic E-state index is 12.8. The van der Waals surface area contributed by atoms with E-state index in [9.17, 15) is 18.0 Å². The average molecular weight is 273 g/mol. The molecular formula is C12H10F3NO3. The van der Waals surface area contributed by atoms with Crippen LogP contribution in [0.4, 0.5) is 13.2 Å². The van der Waals surface area contributed by atoms with E-state index >= 15 is 0 Å². The lowest BCUT2D eigenvalue weighted by molar-refractivity contribution is -0.138. The number of esters is 1. The zero-order valence-corrected chi connectivity index (χ0v) is 10.2. The van der Waals surface area contributed by atoms with Gasteiger partial charge in [-0.1, -0.05) is 0 Å². The number of halogens is 3. The van der Waals surface area contributed by atoms with Crippen LogP contribution in [0, 0.1) is 11.3 Å². The van der Waals surface area contributed by atoms with Crippen LogP contribution in [0.5, 0.6) is 5.75 Å². The van der Waals surface area contributed by atoms with Crippen molar-refractivity contribution in [3.05, 3.63) is 28.8 Å². The summed E-state index contributed by atoms with van der Waals surface area (Å²) < 4.78 is 47.8. The van der Waals surface area contributed by atoms with Gasteiger partial charge in [-0.2, -0.15) is 18.4 Å². The van der Waals surface area contributed by atoms with Gasteiger partial charge < -0.3 is 9.47 Å². The van der Waals surface area contributed by atoms with Crippen LogP contribution in [0.1, 0.15) is 28.4 Å². The summed E-state index contributed by atoms with van der Waals surface area (Å²) in [5.41, 5.74) is -1.90. The molecule has 1 aromatic carbocycles. The maximum atomic E-state index is 12.8. The van der Waals surface area contributed by atoms with Crippen LogP contribution in [-0.2, 0) is 10.9 Å². The fourth-order valence-corrected chi connectivity index (χ4v) is 1.48.